The van der Waals surface area contributed by atoms with Gasteiger partial charge in [-0.25, -0.2) is 14.8 Å². The van der Waals surface area contributed by atoms with E-state index in [-0.39, 0.29) is 24.2 Å². The molecule has 14 nitrogen and oxygen atoms in total. The number of carbonyl (C=O) groups excluding carboxylic acids is 5. The Kier molecular flexibility index (Phi) is 14.4. The first kappa shape index (κ1) is 43.8. The van der Waals surface area contributed by atoms with Gasteiger partial charge in [-0.05, 0) is 121 Å². The number of nitrogen functional groups attached to an aromatic ring is 1. The van der Waals surface area contributed by atoms with Gasteiger partial charge in [0.05, 0.1) is 35.9 Å². The Balaban J connectivity index is 0.000000230. The molecule has 2 aliphatic heterocycles. The number of nitrogens with two attached hydrogens (primary N) is 1. The first-order valence-electron chi connectivity index (χ1n) is 20.1. The summed E-state index contributed by atoms with van der Waals surface area (Å²) in [5.41, 5.74) is 9.38. The number of anilines is 4. The van der Waals surface area contributed by atoms with Crippen LogP contribution in [-0.4, -0.2) is 67.2 Å². The summed E-state index contributed by atoms with van der Waals surface area (Å²) in [5, 5.41) is 7.90. The number of benzene rings is 2. The number of nitrogens with zero attached hydrogens (tertiary/aromatic N) is 4. The number of hydrogen-bond acceptors (Lipinski definition) is 9. The highest BCUT2D eigenvalue weighted by atomic mass is 16.6. The van der Waals surface area contributed by atoms with Crippen molar-refractivity contribution in [2.75, 3.05) is 21.7 Å². The van der Waals surface area contributed by atoms with Crippen molar-refractivity contribution in [2.45, 2.75) is 117 Å². The van der Waals surface area contributed by atoms with E-state index in [0.29, 0.717) is 28.6 Å². The van der Waals surface area contributed by atoms with Crippen LogP contribution in [0.4, 0.5) is 27.8 Å². The lowest BCUT2D eigenvalue weighted by atomic mass is 9.91. The number of likely N-dealkylation sites (tertiary alicyclic amines) is 2. The van der Waals surface area contributed by atoms with Crippen LogP contribution in [0.25, 0.3) is 0 Å². The topological polar surface area (TPSA) is 189 Å². The number of aromatic nitrogens is 2. The molecular formula is C45H56N8O6. The fourth-order valence-electron chi connectivity index (χ4n) is 7.50. The second-order valence-electron chi connectivity index (χ2n) is 16.2. The number of piperidine rings is 2. The lowest BCUT2D eigenvalue weighted by Crippen LogP contribution is -2.48. The van der Waals surface area contributed by atoms with Crippen molar-refractivity contribution in [1.82, 2.24) is 19.8 Å². The zero-order valence-electron chi connectivity index (χ0n) is 35.0. The first-order valence-corrected chi connectivity index (χ1v) is 20.1. The normalized spacial score (nSPS) is 19.0. The van der Waals surface area contributed by atoms with Crippen molar-refractivity contribution >= 4 is 52.7 Å². The van der Waals surface area contributed by atoms with Crippen LogP contribution in [0.15, 0.2) is 85.2 Å². The zero-order chi connectivity index (χ0) is 42.9. The highest BCUT2D eigenvalue weighted by Crippen LogP contribution is 2.36. The highest BCUT2D eigenvalue weighted by molar-refractivity contribution is 6.40. The van der Waals surface area contributed by atoms with Crippen LogP contribution in [0.1, 0.15) is 107 Å². The summed E-state index contributed by atoms with van der Waals surface area (Å²) in [5.74, 6) is -1.71. The minimum absolute atomic E-state index is 0.0125. The van der Waals surface area contributed by atoms with Gasteiger partial charge in [-0.1, -0.05) is 60.7 Å². The van der Waals surface area contributed by atoms with Gasteiger partial charge in [0.15, 0.2) is 0 Å². The van der Waals surface area contributed by atoms with Crippen LogP contribution in [0.2, 0.25) is 0 Å². The van der Waals surface area contributed by atoms with E-state index in [0.717, 1.165) is 55.2 Å². The SMILES string of the molecule is Cc1cc(NC(=O)C(=O)N2[C@H](C)CCC[C@@H]2c2ccccc2)cnc1N.Cc1cc(NC(=O)C(=O)N2[C@H](C)CCC[C@@H]2c2ccccc2)cnc1NC(=O)OC(C)(C)C. The van der Waals surface area contributed by atoms with Crippen molar-refractivity contribution < 1.29 is 28.7 Å². The molecule has 59 heavy (non-hydrogen) atoms. The third-order valence-electron chi connectivity index (χ3n) is 10.4. The van der Waals surface area contributed by atoms with E-state index in [1.807, 2.05) is 74.5 Å². The van der Waals surface area contributed by atoms with Gasteiger partial charge in [-0.3, -0.25) is 24.5 Å². The predicted octanol–water partition coefficient (Wildman–Crippen LogP) is 7.87. The maximum Gasteiger partial charge on any atom is 0.413 e. The molecular weight excluding hydrogens is 749 g/mol. The molecule has 312 valence electrons. The van der Waals surface area contributed by atoms with Crippen molar-refractivity contribution in [3.8, 4) is 0 Å². The first-order chi connectivity index (χ1) is 28.0. The molecule has 5 amide bonds. The fraction of sp³-hybridized carbons (Fsp3) is 0.400. The predicted molar refractivity (Wildman–Crippen MR) is 228 cm³/mol. The molecule has 5 N–H and O–H groups in total. The zero-order valence-corrected chi connectivity index (χ0v) is 35.0. The van der Waals surface area contributed by atoms with Gasteiger partial charge in [-0.2, -0.15) is 0 Å². The summed E-state index contributed by atoms with van der Waals surface area (Å²) in [6.07, 6.45) is 7.71. The van der Waals surface area contributed by atoms with E-state index in [2.05, 4.69) is 25.9 Å². The monoisotopic (exact) mass is 804 g/mol. The van der Waals surface area contributed by atoms with Crippen molar-refractivity contribution in [3.63, 3.8) is 0 Å². The Hall–Kier alpha value is -6.31. The fourth-order valence-corrected chi connectivity index (χ4v) is 7.50. The Morgan fingerprint density at radius 2 is 1.10 bits per heavy atom. The maximum atomic E-state index is 13.1. The van der Waals surface area contributed by atoms with E-state index < -0.39 is 35.3 Å². The summed E-state index contributed by atoms with van der Waals surface area (Å²) >= 11 is 0. The Morgan fingerprint density at radius 1 is 0.661 bits per heavy atom. The molecule has 4 heterocycles. The van der Waals surface area contributed by atoms with Gasteiger partial charge in [0, 0.05) is 12.1 Å². The number of pyridine rings is 2. The molecule has 6 rings (SSSR count). The van der Waals surface area contributed by atoms with E-state index in [1.54, 1.807) is 56.6 Å². The van der Waals surface area contributed by atoms with Gasteiger partial charge in [0.1, 0.15) is 17.2 Å². The Morgan fingerprint density at radius 3 is 1.53 bits per heavy atom. The number of hydrogen-bond donors (Lipinski definition) is 4. The summed E-state index contributed by atoms with van der Waals surface area (Å²) in [6, 6.07) is 22.8. The quantitative estimate of drug-likeness (QED) is 0.146. The molecule has 4 aromatic rings. The molecule has 14 heteroatoms. The molecule has 2 aliphatic rings. The number of nitrogens with one attached hydrogen (secondary N) is 3. The smallest absolute Gasteiger partial charge is 0.413 e. The molecule has 0 unspecified atom stereocenters. The van der Waals surface area contributed by atoms with Gasteiger partial charge in [0.25, 0.3) is 0 Å². The summed E-state index contributed by atoms with van der Waals surface area (Å²) in [6.45, 7) is 12.8. The van der Waals surface area contributed by atoms with Crippen LogP contribution < -0.4 is 21.7 Å². The van der Waals surface area contributed by atoms with Gasteiger partial charge in [0.2, 0.25) is 0 Å². The van der Waals surface area contributed by atoms with E-state index >= 15 is 0 Å². The van der Waals surface area contributed by atoms with Gasteiger partial charge >= 0.3 is 29.7 Å². The van der Waals surface area contributed by atoms with Crippen LogP contribution in [0, 0.1) is 13.8 Å². The second kappa shape index (κ2) is 19.4. The third-order valence-corrected chi connectivity index (χ3v) is 10.4. The van der Waals surface area contributed by atoms with Crippen LogP contribution in [-0.2, 0) is 23.9 Å². The van der Waals surface area contributed by atoms with Crippen LogP contribution in [0.3, 0.4) is 0 Å². The van der Waals surface area contributed by atoms with Crippen LogP contribution in [0.5, 0.6) is 0 Å². The minimum atomic E-state index is -0.710. The molecule has 0 saturated carbocycles. The van der Waals surface area contributed by atoms with E-state index in [1.165, 1.54) is 12.4 Å². The number of aryl methyl sites for hydroxylation is 2. The van der Waals surface area contributed by atoms with Crippen molar-refractivity contribution in [2.24, 2.45) is 0 Å². The molecule has 0 radical (unpaired) electrons. The third kappa shape index (κ3) is 11.6. The lowest BCUT2D eigenvalue weighted by Gasteiger charge is -2.40. The summed E-state index contributed by atoms with van der Waals surface area (Å²) in [4.78, 5) is 75.1. The molecule has 4 atom stereocenters. The molecule has 2 fully saturated rings. The molecule has 0 spiro atoms. The standard InChI is InChI=1S/C25H32N4O4.C20H24N4O2/c1-16-14-19(15-26-21(16)28-24(32)33-25(3,4)5)27-22(30)23(31)29-17(2)10-9-13-20(29)18-11-7-6-8-12-18;1-13-11-16(12-22-18(13)21)23-19(25)20(26)24-14(2)7-6-10-17(24)15-8-4-3-5-9-15/h6-8,11-12,14-15,17,20H,9-10,13H2,1-5H3,(H,27,30)(H,26,28,32);3-5,8-9,11-12,14,17H,6-7,10H2,1-2H3,(H2,21,22)(H,23,25)/t17-,20-;14-,17-/m11/s1. The van der Waals surface area contributed by atoms with Gasteiger partial charge < -0.3 is 30.9 Å². The maximum absolute atomic E-state index is 13.1. The molecule has 2 saturated heterocycles. The molecule has 0 bridgehead atoms. The minimum Gasteiger partial charge on any atom is -0.444 e. The average Bonchev–Trinajstić information content (AvgIpc) is 3.20. The average molecular weight is 805 g/mol. The molecule has 2 aromatic heterocycles. The second-order valence-corrected chi connectivity index (χ2v) is 16.2. The number of ether oxygens (including phenoxy) is 1. The number of rotatable bonds is 5. The van der Waals surface area contributed by atoms with Crippen molar-refractivity contribution in [1.29, 1.82) is 0 Å². The van der Waals surface area contributed by atoms with Gasteiger partial charge in [-0.15, -0.1) is 0 Å². The van der Waals surface area contributed by atoms with Crippen molar-refractivity contribution in [3.05, 3.63) is 107 Å². The summed E-state index contributed by atoms with van der Waals surface area (Å²) in [7, 11) is 0. The molecule has 0 aliphatic carbocycles. The summed E-state index contributed by atoms with van der Waals surface area (Å²) < 4.78 is 5.24. The largest absolute Gasteiger partial charge is 0.444 e. The number of amides is 5. The Labute approximate surface area is 346 Å². The lowest BCUT2D eigenvalue weighted by molar-refractivity contribution is -0.148. The Bertz CT molecular complexity index is 2120. The van der Waals surface area contributed by atoms with E-state index in [4.69, 9.17) is 10.5 Å². The molecule has 2 aromatic carbocycles. The van der Waals surface area contributed by atoms with Crippen LogP contribution >= 0.6 is 0 Å². The van der Waals surface area contributed by atoms with E-state index in [9.17, 15) is 24.0 Å². The number of carbonyl (C=O) groups is 5. The highest BCUT2D eigenvalue weighted by Gasteiger charge is 2.37.